The van der Waals surface area contributed by atoms with Crippen LogP contribution in [0, 0.1) is 6.92 Å². The molecule has 1 aromatic carbocycles. The number of hydrogen-bond donors (Lipinski definition) is 0. The lowest BCUT2D eigenvalue weighted by molar-refractivity contribution is 1.23. The summed E-state index contributed by atoms with van der Waals surface area (Å²) in [5.41, 5.74) is 1.31. The first-order valence-electron chi connectivity index (χ1n) is 3.34. The molecule has 0 unspecified atom stereocenters. The number of fused-ring (bicyclic) bond motifs is 1. The summed E-state index contributed by atoms with van der Waals surface area (Å²) < 4.78 is 0.173. The Bertz CT molecular complexity index is 290. The van der Waals surface area contributed by atoms with E-state index >= 15 is 0 Å². The van der Waals surface area contributed by atoms with Crippen molar-refractivity contribution < 1.29 is 0 Å². The summed E-state index contributed by atoms with van der Waals surface area (Å²) in [7, 11) is 0. The zero-order valence-corrected chi connectivity index (χ0v) is 8.39. The summed E-state index contributed by atoms with van der Waals surface area (Å²) in [6.07, 6.45) is 0. The fourth-order valence-corrected chi connectivity index (χ4v) is 3.87. The van der Waals surface area contributed by atoms with Gasteiger partial charge in [-0.05, 0) is 24.6 Å². The van der Waals surface area contributed by atoms with E-state index in [0.717, 1.165) is 0 Å². The minimum Gasteiger partial charge on any atom is -0.162 e. The average molecular weight is 201 g/mol. The Morgan fingerprint density at radius 3 is 2.82 bits per heavy atom. The Kier molecular flexibility index (Phi) is 2.13. The van der Waals surface area contributed by atoms with Crippen LogP contribution in [0.25, 0.3) is 0 Å². The van der Waals surface area contributed by atoms with E-state index in [4.69, 9.17) is 11.5 Å². The van der Waals surface area contributed by atoms with Crippen molar-refractivity contribution in [2.45, 2.75) is 16.7 Å². The summed E-state index contributed by atoms with van der Waals surface area (Å²) in [6, 6.07) is 6.46. The highest BCUT2D eigenvalue weighted by atomic mass is 35.5. The second-order valence-corrected chi connectivity index (χ2v) is 6.01. The van der Waals surface area contributed by atoms with Gasteiger partial charge in [0, 0.05) is 9.79 Å². The van der Waals surface area contributed by atoms with Crippen molar-refractivity contribution in [1.29, 1.82) is 0 Å². The molecule has 1 aromatic rings. The summed E-state index contributed by atoms with van der Waals surface area (Å²) in [6.45, 7) is 2.10. The van der Waals surface area contributed by atoms with Crippen molar-refractivity contribution in [2.24, 2.45) is 0 Å². The molecule has 4 heteroatoms. The zero-order chi connectivity index (χ0) is 7.84. The summed E-state index contributed by atoms with van der Waals surface area (Å²) in [5, 5.41) is 0. The van der Waals surface area contributed by atoms with Gasteiger partial charge in [-0.2, -0.15) is 11.5 Å². The van der Waals surface area contributed by atoms with Gasteiger partial charge in [0.25, 0.3) is 0 Å². The molecule has 2 rings (SSSR count). The second kappa shape index (κ2) is 2.96. The molecule has 1 aliphatic rings. The molecule has 1 aliphatic heterocycles. The van der Waals surface area contributed by atoms with E-state index in [1.54, 1.807) is 23.2 Å². The minimum atomic E-state index is 0.173. The van der Waals surface area contributed by atoms with Crippen molar-refractivity contribution in [2.75, 3.05) is 0 Å². The third kappa shape index (κ3) is 1.55. The predicted octanol–water partition coefficient (Wildman–Crippen LogP) is 3.42. The highest BCUT2D eigenvalue weighted by Crippen LogP contribution is 2.46. The van der Waals surface area contributed by atoms with Gasteiger partial charge in [0.2, 0.25) is 0 Å². The fourth-order valence-electron chi connectivity index (χ4n) is 1.03. The van der Waals surface area contributed by atoms with Crippen LogP contribution in [0.4, 0.5) is 0 Å². The van der Waals surface area contributed by atoms with Crippen LogP contribution in [-0.4, -0.2) is 4.69 Å². The summed E-state index contributed by atoms with van der Waals surface area (Å²) >= 11 is 9.42. The van der Waals surface area contributed by atoms with Crippen LogP contribution < -0.4 is 0 Å². The van der Waals surface area contributed by atoms with E-state index in [1.807, 2.05) is 0 Å². The van der Waals surface area contributed by atoms with Crippen LogP contribution in [0.3, 0.4) is 0 Å². The molecule has 0 saturated heterocycles. The molecular weight excluding hydrogens is 194 g/mol. The standard InChI is InChI=1S/C7H6BClS2/c1-5-2-3-6-7(4-5)11-8(9)10-6/h2-4H,1H3. The number of hydrogen-bond acceptors (Lipinski definition) is 2. The van der Waals surface area contributed by atoms with E-state index in [0.29, 0.717) is 0 Å². The zero-order valence-electron chi connectivity index (χ0n) is 6.00. The van der Waals surface area contributed by atoms with Crippen LogP contribution in [0.2, 0.25) is 0 Å². The molecule has 0 atom stereocenters. The normalized spacial score (nSPS) is 15.3. The lowest BCUT2D eigenvalue weighted by Gasteiger charge is -1.96. The molecule has 56 valence electrons. The van der Waals surface area contributed by atoms with Gasteiger partial charge in [-0.3, -0.25) is 0 Å². The second-order valence-electron chi connectivity index (χ2n) is 2.46. The number of rotatable bonds is 0. The Labute approximate surface area is 79.9 Å². The van der Waals surface area contributed by atoms with Crippen LogP contribution in [0.5, 0.6) is 0 Å². The van der Waals surface area contributed by atoms with Crippen molar-refractivity contribution in [3.63, 3.8) is 0 Å². The molecule has 0 spiro atoms. The molecule has 0 amide bonds. The van der Waals surface area contributed by atoms with Crippen LogP contribution >= 0.6 is 34.7 Å². The number of halogens is 1. The summed E-state index contributed by atoms with van der Waals surface area (Å²) in [4.78, 5) is 2.65. The maximum Gasteiger partial charge on any atom is 0.388 e. The van der Waals surface area contributed by atoms with Gasteiger partial charge in [0.1, 0.15) is 0 Å². The van der Waals surface area contributed by atoms with Crippen molar-refractivity contribution in [1.82, 2.24) is 0 Å². The number of aryl methyl sites for hydroxylation is 1. The molecule has 0 bridgehead atoms. The van der Waals surface area contributed by atoms with Gasteiger partial charge in [0.05, 0.1) is 0 Å². The van der Waals surface area contributed by atoms with Crippen LogP contribution in [-0.2, 0) is 0 Å². The first-order valence-corrected chi connectivity index (χ1v) is 5.53. The van der Waals surface area contributed by atoms with E-state index in [2.05, 4.69) is 25.1 Å². The quantitative estimate of drug-likeness (QED) is 0.589. The van der Waals surface area contributed by atoms with E-state index in [1.165, 1.54) is 15.4 Å². The Morgan fingerprint density at radius 1 is 1.27 bits per heavy atom. The van der Waals surface area contributed by atoms with Gasteiger partial charge in [-0.15, -0.1) is 23.2 Å². The van der Waals surface area contributed by atoms with Crippen LogP contribution in [0.1, 0.15) is 5.56 Å². The van der Waals surface area contributed by atoms with Crippen molar-refractivity contribution in [3.05, 3.63) is 23.8 Å². The third-order valence-corrected chi connectivity index (χ3v) is 4.35. The maximum absolute atomic E-state index is 5.96. The Balaban J connectivity index is 2.43. The van der Waals surface area contributed by atoms with Gasteiger partial charge >= 0.3 is 4.69 Å². The molecule has 1 heterocycles. The van der Waals surface area contributed by atoms with Gasteiger partial charge in [0.15, 0.2) is 0 Å². The Morgan fingerprint density at radius 2 is 2.00 bits per heavy atom. The molecule has 0 radical (unpaired) electrons. The van der Waals surface area contributed by atoms with E-state index < -0.39 is 0 Å². The highest BCUT2D eigenvalue weighted by molar-refractivity contribution is 8.60. The largest absolute Gasteiger partial charge is 0.388 e. The first-order chi connectivity index (χ1) is 5.25. The average Bonchev–Trinajstić information content (AvgIpc) is 2.27. The lowest BCUT2D eigenvalue weighted by Crippen LogP contribution is -1.78. The van der Waals surface area contributed by atoms with Gasteiger partial charge < -0.3 is 0 Å². The molecule has 0 aliphatic carbocycles. The topological polar surface area (TPSA) is 0 Å². The SMILES string of the molecule is Cc1ccc2c(c1)SB(Cl)S2. The molecule has 0 saturated carbocycles. The van der Waals surface area contributed by atoms with E-state index in [-0.39, 0.29) is 4.69 Å². The molecule has 0 nitrogen and oxygen atoms in total. The minimum absolute atomic E-state index is 0.173. The van der Waals surface area contributed by atoms with Gasteiger partial charge in [-0.25, -0.2) is 0 Å². The lowest BCUT2D eigenvalue weighted by atomic mass is 10.2. The molecule has 0 fully saturated rings. The van der Waals surface area contributed by atoms with Crippen LogP contribution in [0.15, 0.2) is 28.0 Å². The monoisotopic (exact) mass is 200 g/mol. The Hall–Kier alpha value is 0.275. The highest BCUT2D eigenvalue weighted by Gasteiger charge is 2.24. The first kappa shape index (κ1) is 7.90. The molecule has 11 heavy (non-hydrogen) atoms. The van der Waals surface area contributed by atoms with Crippen molar-refractivity contribution >= 4 is 39.4 Å². The van der Waals surface area contributed by atoms with Gasteiger partial charge in [-0.1, -0.05) is 6.07 Å². The fraction of sp³-hybridized carbons (Fsp3) is 0.143. The molecule has 0 aromatic heterocycles. The third-order valence-electron chi connectivity index (χ3n) is 1.54. The molecular formula is C7H6BClS2. The number of benzene rings is 1. The molecule has 0 N–H and O–H groups in total. The maximum atomic E-state index is 5.96. The summed E-state index contributed by atoms with van der Waals surface area (Å²) in [5.74, 6) is 0. The van der Waals surface area contributed by atoms with Crippen molar-refractivity contribution in [3.8, 4) is 0 Å². The predicted molar refractivity (Wildman–Crippen MR) is 54.5 cm³/mol. The van der Waals surface area contributed by atoms with E-state index in [9.17, 15) is 0 Å². The smallest absolute Gasteiger partial charge is 0.162 e.